The van der Waals surface area contributed by atoms with Crippen molar-refractivity contribution in [3.8, 4) is 0 Å². The summed E-state index contributed by atoms with van der Waals surface area (Å²) in [5.41, 5.74) is 2.07. The normalized spacial score (nSPS) is 25.9. The largest absolute Gasteiger partial charge is 0.481 e. The number of esters is 1. The zero-order chi connectivity index (χ0) is 30.2. The Morgan fingerprint density at radius 3 is 2.77 bits per heavy atom. The number of carbonyl (C=O) groups excluding carboxylic acids is 1. The Bertz CT molecular complexity index is 1480. The number of aliphatic imine (C=N–C) groups is 1. The fourth-order valence-corrected chi connectivity index (χ4v) is 7.75. The summed E-state index contributed by atoms with van der Waals surface area (Å²) >= 11 is 7.30. The smallest absolute Gasteiger partial charge is 0.338 e. The van der Waals surface area contributed by atoms with Gasteiger partial charge in [-0.05, 0) is 62.5 Å². The Morgan fingerprint density at radius 1 is 1.21 bits per heavy atom. The number of amidine groups is 1. The van der Waals surface area contributed by atoms with Crippen LogP contribution in [-0.4, -0.2) is 99.1 Å². The number of nitrogens with one attached hydrogen (secondary N) is 1. The highest BCUT2D eigenvalue weighted by molar-refractivity contribution is 7.80. The van der Waals surface area contributed by atoms with Gasteiger partial charge in [-0.25, -0.2) is 14.2 Å². The lowest BCUT2D eigenvalue weighted by molar-refractivity contribution is -0.141. The van der Waals surface area contributed by atoms with Crippen LogP contribution in [0.25, 0.3) is 0 Å². The average molecular weight is 627 g/mol. The second-order valence-electron chi connectivity index (χ2n) is 11.4. The molecule has 1 aromatic carbocycles. The topological polar surface area (TPSA) is 111 Å². The molecule has 0 radical (unpaired) electrons. The van der Waals surface area contributed by atoms with E-state index in [2.05, 4.69) is 25.0 Å². The maximum atomic E-state index is 14.7. The SMILES string of the molecule is CCOC(=O)C1=C(CN2CCN3C(=S)N([C@H]4CC[C@@H](C(=O)O)C4)CC3C2)NC(c2nccs2)=N[C@H]1c1cccc(F)c1C. The van der Waals surface area contributed by atoms with E-state index in [0.29, 0.717) is 52.6 Å². The van der Waals surface area contributed by atoms with Crippen molar-refractivity contribution >= 4 is 46.4 Å². The molecule has 1 aliphatic carbocycles. The minimum Gasteiger partial charge on any atom is -0.481 e. The van der Waals surface area contributed by atoms with Crippen LogP contribution in [0.2, 0.25) is 0 Å². The lowest BCUT2D eigenvalue weighted by atomic mass is 9.92. The molecular formula is C30H35FN6O4S2. The molecule has 2 aromatic rings. The first-order chi connectivity index (χ1) is 20.7. The summed E-state index contributed by atoms with van der Waals surface area (Å²) in [6.07, 6.45) is 3.84. The van der Waals surface area contributed by atoms with E-state index in [1.54, 1.807) is 32.2 Å². The number of fused-ring (bicyclic) bond motifs is 1. The van der Waals surface area contributed by atoms with Gasteiger partial charge in [-0.15, -0.1) is 11.3 Å². The van der Waals surface area contributed by atoms with Gasteiger partial charge in [0.25, 0.3) is 0 Å². The minimum atomic E-state index is -0.759. The van der Waals surface area contributed by atoms with Crippen molar-refractivity contribution in [2.45, 2.75) is 51.2 Å². The van der Waals surface area contributed by atoms with Crippen LogP contribution in [0.15, 0.2) is 46.0 Å². The summed E-state index contributed by atoms with van der Waals surface area (Å²) in [4.78, 5) is 41.2. The van der Waals surface area contributed by atoms with Gasteiger partial charge in [-0.1, -0.05) is 12.1 Å². The summed E-state index contributed by atoms with van der Waals surface area (Å²) < 4.78 is 20.3. The van der Waals surface area contributed by atoms with Gasteiger partial charge in [0.1, 0.15) is 11.9 Å². The van der Waals surface area contributed by atoms with Gasteiger partial charge in [0.15, 0.2) is 16.0 Å². The number of hydrogen-bond donors (Lipinski definition) is 2. The third-order valence-corrected chi connectivity index (χ3v) is 10.2. The molecule has 10 nitrogen and oxygen atoms in total. The standard InChI is InChI=1S/C30H35FN6O4S2/c1-3-41-29(40)24-23(33-26(27-32-9-12-43-27)34-25(24)21-5-4-6-22(31)17(21)2)16-35-10-11-36-20(14-35)15-37(30(36)42)19-8-7-18(13-19)28(38)39/h4-6,9,12,18-20,25H,3,7-8,10-11,13-16H2,1-2H3,(H,33,34)(H,38,39)/t18-,19+,20?,25+/m1/s1. The number of halogens is 1. The van der Waals surface area contributed by atoms with E-state index in [-0.39, 0.29) is 30.4 Å². The number of aromatic nitrogens is 1. The Labute approximate surface area is 259 Å². The molecule has 1 aromatic heterocycles. The minimum absolute atomic E-state index is 0.151. The molecule has 3 aliphatic heterocycles. The molecule has 4 aliphatic rings. The van der Waals surface area contributed by atoms with E-state index >= 15 is 0 Å². The first-order valence-electron chi connectivity index (χ1n) is 14.7. The molecule has 228 valence electrons. The third-order valence-electron chi connectivity index (χ3n) is 8.90. The molecule has 6 rings (SSSR count). The van der Waals surface area contributed by atoms with Gasteiger partial charge < -0.3 is 25.0 Å². The number of carboxylic acid groups (broad SMARTS) is 1. The number of hydrogen-bond acceptors (Lipinski definition) is 9. The van der Waals surface area contributed by atoms with Crippen LogP contribution in [0, 0.1) is 18.7 Å². The van der Waals surface area contributed by atoms with E-state index < -0.39 is 18.0 Å². The van der Waals surface area contributed by atoms with Crippen LogP contribution in [0.4, 0.5) is 4.39 Å². The highest BCUT2D eigenvalue weighted by Crippen LogP contribution is 2.37. The van der Waals surface area contributed by atoms with Crippen molar-refractivity contribution in [1.29, 1.82) is 0 Å². The molecule has 2 N–H and O–H groups in total. The van der Waals surface area contributed by atoms with Crippen molar-refractivity contribution in [3.63, 3.8) is 0 Å². The number of carbonyl (C=O) groups is 2. The maximum absolute atomic E-state index is 14.7. The number of piperazine rings is 1. The van der Waals surface area contributed by atoms with Gasteiger partial charge in [0, 0.05) is 56.0 Å². The highest BCUT2D eigenvalue weighted by Gasteiger charge is 2.44. The van der Waals surface area contributed by atoms with E-state index in [1.165, 1.54) is 17.4 Å². The third kappa shape index (κ3) is 5.77. The molecule has 13 heteroatoms. The second-order valence-corrected chi connectivity index (χ2v) is 12.7. The number of rotatable bonds is 8. The molecule has 4 heterocycles. The Balaban J connectivity index is 1.28. The molecule has 2 saturated heterocycles. The van der Waals surface area contributed by atoms with Crippen molar-refractivity contribution in [3.05, 3.63) is 63.0 Å². The summed E-state index contributed by atoms with van der Waals surface area (Å²) in [6, 6.07) is 4.40. The Kier molecular flexibility index (Phi) is 8.47. The number of carboxylic acids is 1. The lowest BCUT2D eigenvalue weighted by Gasteiger charge is -2.39. The van der Waals surface area contributed by atoms with Gasteiger partial charge >= 0.3 is 11.9 Å². The first-order valence-corrected chi connectivity index (χ1v) is 16.0. The summed E-state index contributed by atoms with van der Waals surface area (Å²) in [5.74, 6) is -1.35. The van der Waals surface area contributed by atoms with Crippen molar-refractivity contribution in [2.75, 3.05) is 39.3 Å². The number of nitrogens with zero attached hydrogens (tertiary/aromatic N) is 5. The van der Waals surface area contributed by atoms with Crippen molar-refractivity contribution in [1.82, 2.24) is 25.0 Å². The molecule has 43 heavy (non-hydrogen) atoms. The first kappa shape index (κ1) is 29.6. The van der Waals surface area contributed by atoms with E-state index in [4.69, 9.17) is 21.9 Å². The molecule has 0 amide bonds. The predicted octanol–water partition coefficient (Wildman–Crippen LogP) is 3.34. The number of thiocarbonyl (C=S) groups is 1. The zero-order valence-electron chi connectivity index (χ0n) is 24.2. The van der Waals surface area contributed by atoms with E-state index in [0.717, 1.165) is 37.7 Å². The fraction of sp³-hybridized carbons (Fsp3) is 0.500. The van der Waals surface area contributed by atoms with E-state index in [1.807, 2.05) is 5.38 Å². The van der Waals surface area contributed by atoms with E-state index in [9.17, 15) is 19.1 Å². The zero-order valence-corrected chi connectivity index (χ0v) is 25.8. The quantitative estimate of drug-likeness (QED) is 0.335. The maximum Gasteiger partial charge on any atom is 0.338 e. The summed E-state index contributed by atoms with van der Waals surface area (Å²) in [5, 5.41) is 16.2. The number of benzene rings is 1. The van der Waals surface area contributed by atoms with Crippen LogP contribution >= 0.6 is 23.6 Å². The molecule has 0 bridgehead atoms. The molecule has 4 atom stereocenters. The van der Waals surface area contributed by atoms with Gasteiger partial charge in [-0.3, -0.25) is 14.7 Å². The Hall–Kier alpha value is -3.42. The number of thiazole rings is 1. The molecule has 0 spiro atoms. The number of ether oxygens (including phenoxy) is 1. The van der Waals surface area contributed by atoms with Gasteiger partial charge in [0.05, 0.1) is 24.1 Å². The lowest BCUT2D eigenvalue weighted by Crippen LogP contribution is -2.53. The highest BCUT2D eigenvalue weighted by atomic mass is 32.1. The van der Waals surface area contributed by atoms with Gasteiger partial charge in [0.2, 0.25) is 0 Å². The monoisotopic (exact) mass is 626 g/mol. The van der Waals surface area contributed by atoms with Crippen LogP contribution in [-0.2, 0) is 14.3 Å². The summed E-state index contributed by atoms with van der Waals surface area (Å²) in [7, 11) is 0. The molecular weight excluding hydrogens is 592 g/mol. The van der Waals surface area contributed by atoms with Crippen LogP contribution in [0.3, 0.4) is 0 Å². The molecule has 1 saturated carbocycles. The molecule has 1 unspecified atom stereocenters. The van der Waals surface area contributed by atoms with Crippen LogP contribution < -0.4 is 5.32 Å². The predicted molar refractivity (Wildman–Crippen MR) is 164 cm³/mol. The van der Waals surface area contributed by atoms with Gasteiger partial charge in [-0.2, -0.15) is 0 Å². The molecule has 3 fully saturated rings. The van der Waals surface area contributed by atoms with Crippen molar-refractivity contribution in [2.24, 2.45) is 10.9 Å². The fourth-order valence-electron chi connectivity index (χ4n) is 6.70. The van der Waals surface area contributed by atoms with Crippen LogP contribution in [0.5, 0.6) is 0 Å². The average Bonchev–Trinajstić information content (AvgIpc) is 3.75. The van der Waals surface area contributed by atoms with Crippen LogP contribution in [0.1, 0.15) is 48.4 Å². The number of aliphatic carboxylic acids is 1. The van der Waals surface area contributed by atoms with Crippen molar-refractivity contribution < 1.29 is 23.8 Å². The second kappa shape index (κ2) is 12.3. The summed E-state index contributed by atoms with van der Waals surface area (Å²) in [6.45, 7) is 7.03. The Morgan fingerprint density at radius 2 is 2.05 bits per heavy atom.